The van der Waals surface area contributed by atoms with Crippen molar-refractivity contribution in [1.29, 1.82) is 0 Å². The van der Waals surface area contributed by atoms with Crippen molar-refractivity contribution < 1.29 is 27.2 Å². The van der Waals surface area contributed by atoms with E-state index in [1.807, 2.05) is 0 Å². The number of piperidine rings is 1. The van der Waals surface area contributed by atoms with Crippen LogP contribution in [0.3, 0.4) is 0 Å². The Kier molecular flexibility index (Phi) is 6.63. The van der Waals surface area contributed by atoms with Gasteiger partial charge in [-0.15, -0.1) is 11.3 Å². The van der Waals surface area contributed by atoms with E-state index in [1.165, 1.54) is 34.7 Å². The molecule has 3 heterocycles. The summed E-state index contributed by atoms with van der Waals surface area (Å²) < 4.78 is 37.6. The molecule has 1 aliphatic heterocycles. The predicted molar refractivity (Wildman–Crippen MR) is 122 cm³/mol. The van der Waals surface area contributed by atoms with Crippen molar-refractivity contribution in [2.75, 3.05) is 18.4 Å². The van der Waals surface area contributed by atoms with Crippen molar-refractivity contribution in [2.24, 2.45) is 5.92 Å². The van der Waals surface area contributed by atoms with Gasteiger partial charge in [0.15, 0.2) is 0 Å². The molecular weight excluding hydrogens is 468 g/mol. The number of thiophene rings is 1. The summed E-state index contributed by atoms with van der Waals surface area (Å²) in [6.45, 7) is 1.74. The van der Waals surface area contributed by atoms with Crippen LogP contribution in [0.1, 0.15) is 25.3 Å². The van der Waals surface area contributed by atoms with Crippen LogP contribution in [0.4, 0.5) is 5.69 Å². The lowest BCUT2D eigenvalue weighted by molar-refractivity contribution is -0.151. The van der Waals surface area contributed by atoms with Crippen LogP contribution in [0.15, 0.2) is 55.2 Å². The van der Waals surface area contributed by atoms with Crippen LogP contribution < -0.4 is 10.9 Å². The highest BCUT2D eigenvalue weighted by molar-refractivity contribution is 7.91. The second kappa shape index (κ2) is 9.46. The number of hydrogen-bond donors (Lipinski definition) is 1. The standard InChI is InChI=1S/C22H22N2O7S2/c1-14(25)23-17-4-5-18-16(11-20(26)31-19(18)12-17)13-30-22(27)15-6-8-24(9-7-15)33(28,29)21-3-2-10-32-21/h2-5,10-12,15H,6-9,13H2,1H3,(H,23,25). The Morgan fingerprint density at radius 2 is 1.97 bits per heavy atom. The molecular formula is C22H22N2O7S2. The number of nitrogens with one attached hydrogen (secondary N) is 1. The molecule has 0 spiro atoms. The molecule has 2 aromatic heterocycles. The summed E-state index contributed by atoms with van der Waals surface area (Å²) in [5.41, 5.74) is 0.644. The number of sulfonamides is 1. The maximum atomic E-state index is 12.6. The monoisotopic (exact) mass is 490 g/mol. The number of hydrogen-bond acceptors (Lipinski definition) is 8. The summed E-state index contributed by atoms with van der Waals surface area (Å²) in [7, 11) is -3.54. The molecule has 0 aliphatic carbocycles. The molecule has 174 valence electrons. The Morgan fingerprint density at radius 3 is 2.64 bits per heavy atom. The van der Waals surface area contributed by atoms with E-state index in [4.69, 9.17) is 9.15 Å². The second-order valence-electron chi connectivity index (χ2n) is 7.70. The van der Waals surface area contributed by atoms with Crippen LogP contribution in [0, 0.1) is 5.92 Å². The van der Waals surface area contributed by atoms with E-state index in [1.54, 1.807) is 29.6 Å². The maximum absolute atomic E-state index is 12.6. The minimum Gasteiger partial charge on any atom is -0.461 e. The van der Waals surface area contributed by atoms with Crippen molar-refractivity contribution in [3.05, 3.63) is 57.8 Å². The molecule has 0 saturated carbocycles. The van der Waals surface area contributed by atoms with Crippen LogP contribution in [0.5, 0.6) is 0 Å². The minimum atomic E-state index is -3.54. The van der Waals surface area contributed by atoms with Crippen molar-refractivity contribution in [3.8, 4) is 0 Å². The van der Waals surface area contributed by atoms with Gasteiger partial charge in [0, 0.05) is 48.8 Å². The Balaban J connectivity index is 1.40. The van der Waals surface area contributed by atoms with E-state index in [0.717, 1.165) is 0 Å². The summed E-state index contributed by atoms with van der Waals surface area (Å²) in [5.74, 6) is -1.10. The van der Waals surface area contributed by atoms with Crippen LogP contribution >= 0.6 is 11.3 Å². The zero-order valence-electron chi connectivity index (χ0n) is 17.8. The molecule has 1 fully saturated rings. The first-order valence-corrected chi connectivity index (χ1v) is 12.6. The lowest BCUT2D eigenvalue weighted by Gasteiger charge is -2.29. The highest BCUT2D eigenvalue weighted by atomic mass is 32.2. The summed E-state index contributed by atoms with van der Waals surface area (Å²) in [5, 5.41) is 4.92. The summed E-state index contributed by atoms with van der Waals surface area (Å²) >= 11 is 1.17. The maximum Gasteiger partial charge on any atom is 0.336 e. The number of esters is 1. The zero-order valence-corrected chi connectivity index (χ0v) is 19.4. The molecule has 11 heteroatoms. The largest absolute Gasteiger partial charge is 0.461 e. The van der Waals surface area contributed by atoms with Gasteiger partial charge in [-0.25, -0.2) is 13.2 Å². The van der Waals surface area contributed by atoms with Crippen LogP contribution in [0.2, 0.25) is 0 Å². The molecule has 9 nitrogen and oxygen atoms in total. The van der Waals surface area contributed by atoms with Gasteiger partial charge in [0.25, 0.3) is 10.0 Å². The number of amides is 1. The summed E-state index contributed by atoms with van der Waals surface area (Å²) in [6.07, 6.45) is 0.725. The molecule has 0 atom stereocenters. The molecule has 33 heavy (non-hydrogen) atoms. The zero-order chi connectivity index (χ0) is 23.6. The molecule has 1 aliphatic rings. The molecule has 0 unspecified atom stereocenters. The van der Waals surface area contributed by atoms with Gasteiger partial charge in [-0.2, -0.15) is 4.31 Å². The average molecular weight is 491 g/mol. The van der Waals surface area contributed by atoms with E-state index in [0.29, 0.717) is 33.7 Å². The third kappa shape index (κ3) is 5.15. The van der Waals surface area contributed by atoms with Gasteiger partial charge in [0.1, 0.15) is 16.4 Å². The van der Waals surface area contributed by atoms with E-state index in [9.17, 15) is 22.8 Å². The van der Waals surface area contributed by atoms with Crippen molar-refractivity contribution in [1.82, 2.24) is 4.31 Å². The SMILES string of the molecule is CC(=O)Nc1ccc2c(COC(=O)C3CCN(S(=O)(=O)c4cccs4)CC3)cc(=O)oc2c1. The van der Waals surface area contributed by atoms with Crippen LogP contribution in [0.25, 0.3) is 11.0 Å². The number of benzene rings is 1. The smallest absolute Gasteiger partial charge is 0.336 e. The van der Waals surface area contributed by atoms with E-state index in [-0.39, 0.29) is 31.2 Å². The molecule has 1 saturated heterocycles. The summed E-state index contributed by atoms with van der Waals surface area (Å²) in [6, 6.07) is 9.41. The molecule has 0 bridgehead atoms. The highest BCUT2D eigenvalue weighted by Crippen LogP contribution is 2.27. The number of fused-ring (bicyclic) bond motifs is 1. The first-order valence-electron chi connectivity index (χ1n) is 10.3. The predicted octanol–water partition coefficient (Wildman–Crippen LogP) is 2.96. The molecule has 4 rings (SSSR count). The van der Waals surface area contributed by atoms with E-state index in [2.05, 4.69) is 5.32 Å². The van der Waals surface area contributed by atoms with Crippen molar-refractivity contribution in [2.45, 2.75) is 30.6 Å². The van der Waals surface area contributed by atoms with Gasteiger partial charge in [0.2, 0.25) is 5.91 Å². The summed E-state index contributed by atoms with van der Waals surface area (Å²) in [4.78, 5) is 35.8. The highest BCUT2D eigenvalue weighted by Gasteiger charge is 2.33. The third-order valence-corrected chi connectivity index (χ3v) is 8.67. The number of rotatable bonds is 6. The first-order chi connectivity index (χ1) is 15.7. The number of carbonyl (C=O) groups is 2. The van der Waals surface area contributed by atoms with Gasteiger partial charge in [0.05, 0.1) is 5.92 Å². The van der Waals surface area contributed by atoms with Gasteiger partial charge in [-0.1, -0.05) is 6.07 Å². The fraction of sp³-hybridized carbons (Fsp3) is 0.318. The molecule has 3 aromatic rings. The topological polar surface area (TPSA) is 123 Å². The van der Waals surface area contributed by atoms with Crippen molar-refractivity contribution >= 4 is 49.9 Å². The van der Waals surface area contributed by atoms with E-state index >= 15 is 0 Å². The Bertz CT molecular complexity index is 1340. The Labute approximate surface area is 194 Å². The first kappa shape index (κ1) is 23.1. The Morgan fingerprint density at radius 1 is 1.21 bits per heavy atom. The number of carbonyl (C=O) groups excluding carboxylic acids is 2. The minimum absolute atomic E-state index is 0.117. The molecule has 1 aromatic carbocycles. The lowest BCUT2D eigenvalue weighted by atomic mass is 9.98. The van der Waals surface area contributed by atoms with Crippen LogP contribution in [-0.4, -0.2) is 37.7 Å². The van der Waals surface area contributed by atoms with Gasteiger partial charge in [-0.3, -0.25) is 9.59 Å². The Hall–Kier alpha value is -3.02. The average Bonchev–Trinajstić information content (AvgIpc) is 3.32. The van der Waals surface area contributed by atoms with Gasteiger partial charge >= 0.3 is 11.6 Å². The quantitative estimate of drug-likeness (QED) is 0.416. The van der Waals surface area contributed by atoms with Crippen molar-refractivity contribution in [3.63, 3.8) is 0 Å². The molecule has 1 N–H and O–H groups in total. The number of nitrogens with zero attached hydrogens (tertiary/aromatic N) is 1. The fourth-order valence-corrected chi connectivity index (χ4v) is 6.38. The lowest BCUT2D eigenvalue weighted by Crippen LogP contribution is -2.40. The third-order valence-electron chi connectivity index (χ3n) is 5.40. The van der Waals surface area contributed by atoms with E-state index < -0.39 is 27.5 Å². The normalized spacial score (nSPS) is 15.4. The fourth-order valence-electron chi connectivity index (χ4n) is 3.77. The number of ether oxygens (including phenoxy) is 1. The number of anilines is 1. The molecule has 0 radical (unpaired) electrons. The van der Waals surface area contributed by atoms with Crippen LogP contribution in [-0.2, 0) is 31.0 Å². The molecule has 1 amide bonds. The second-order valence-corrected chi connectivity index (χ2v) is 10.8. The van der Waals surface area contributed by atoms with Gasteiger partial charge < -0.3 is 14.5 Å². The van der Waals surface area contributed by atoms with Gasteiger partial charge in [-0.05, 0) is 36.4 Å².